The van der Waals surface area contributed by atoms with Crippen LogP contribution in [0.25, 0.3) is 0 Å². The first-order chi connectivity index (χ1) is 11.2. The molecule has 0 aliphatic heterocycles. The summed E-state index contributed by atoms with van der Waals surface area (Å²) < 4.78 is 10.7. The molecule has 1 amide bonds. The van der Waals surface area contributed by atoms with Crippen molar-refractivity contribution in [3.8, 4) is 11.5 Å². The molecule has 2 aromatic carbocycles. The third-order valence-electron chi connectivity index (χ3n) is 3.53. The van der Waals surface area contributed by atoms with E-state index in [2.05, 4.69) is 5.32 Å². The molecule has 1 N–H and O–H groups in total. The number of methoxy groups -OCH3 is 1. The Morgan fingerprint density at radius 1 is 1.04 bits per heavy atom. The lowest BCUT2D eigenvalue weighted by Crippen LogP contribution is -2.36. The van der Waals surface area contributed by atoms with Crippen molar-refractivity contribution in [3.63, 3.8) is 0 Å². The van der Waals surface area contributed by atoms with Crippen LogP contribution in [-0.4, -0.2) is 25.7 Å². The fraction of sp³-hybridized carbons (Fsp3) is 0.316. The van der Waals surface area contributed by atoms with E-state index >= 15 is 0 Å². The van der Waals surface area contributed by atoms with Crippen LogP contribution in [0.1, 0.15) is 18.9 Å². The highest BCUT2D eigenvalue weighted by atomic mass is 16.5. The first-order valence-corrected chi connectivity index (χ1v) is 7.81. The summed E-state index contributed by atoms with van der Waals surface area (Å²) in [6, 6.07) is 17.3. The van der Waals surface area contributed by atoms with Crippen LogP contribution in [0.5, 0.6) is 11.5 Å². The van der Waals surface area contributed by atoms with Crippen molar-refractivity contribution in [1.82, 2.24) is 5.32 Å². The van der Waals surface area contributed by atoms with E-state index in [4.69, 9.17) is 9.47 Å². The first-order valence-electron chi connectivity index (χ1n) is 7.81. The fourth-order valence-corrected chi connectivity index (χ4v) is 2.20. The van der Waals surface area contributed by atoms with Crippen LogP contribution in [0.3, 0.4) is 0 Å². The van der Waals surface area contributed by atoms with Gasteiger partial charge >= 0.3 is 0 Å². The fourth-order valence-electron chi connectivity index (χ4n) is 2.20. The van der Waals surface area contributed by atoms with Gasteiger partial charge in [0.05, 0.1) is 7.11 Å². The van der Waals surface area contributed by atoms with Crippen LogP contribution in [0, 0.1) is 0 Å². The van der Waals surface area contributed by atoms with Gasteiger partial charge in [-0.25, -0.2) is 0 Å². The lowest BCUT2D eigenvalue weighted by Gasteiger charge is -2.14. The van der Waals surface area contributed by atoms with Gasteiger partial charge in [0.15, 0.2) is 6.10 Å². The van der Waals surface area contributed by atoms with Crippen molar-refractivity contribution < 1.29 is 14.3 Å². The van der Waals surface area contributed by atoms with Gasteiger partial charge in [-0.15, -0.1) is 0 Å². The minimum absolute atomic E-state index is 0.0939. The van der Waals surface area contributed by atoms with E-state index in [-0.39, 0.29) is 5.91 Å². The monoisotopic (exact) mass is 313 g/mol. The van der Waals surface area contributed by atoms with Gasteiger partial charge in [-0.05, 0) is 49.6 Å². The zero-order valence-electron chi connectivity index (χ0n) is 13.6. The van der Waals surface area contributed by atoms with Crippen molar-refractivity contribution in [2.75, 3.05) is 13.7 Å². The number of hydrogen-bond donors (Lipinski definition) is 1. The number of hydrogen-bond acceptors (Lipinski definition) is 3. The molecule has 0 heterocycles. The van der Waals surface area contributed by atoms with Crippen molar-refractivity contribution in [2.24, 2.45) is 0 Å². The predicted molar refractivity (Wildman–Crippen MR) is 90.9 cm³/mol. The third-order valence-corrected chi connectivity index (χ3v) is 3.53. The van der Waals surface area contributed by atoms with Gasteiger partial charge in [-0.2, -0.15) is 0 Å². The molecule has 0 fully saturated rings. The lowest BCUT2D eigenvalue weighted by molar-refractivity contribution is -0.127. The number of carbonyl (C=O) groups excluding carboxylic acids is 1. The summed E-state index contributed by atoms with van der Waals surface area (Å²) in [4.78, 5) is 12.0. The summed E-state index contributed by atoms with van der Waals surface area (Å²) >= 11 is 0. The Labute approximate surface area is 137 Å². The van der Waals surface area contributed by atoms with Crippen LogP contribution in [0.2, 0.25) is 0 Å². The van der Waals surface area contributed by atoms with Gasteiger partial charge in [0.1, 0.15) is 11.5 Å². The second kappa shape index (κ2) is 8.83. The van der Waals surface area contributed by atoms with Crippen molar-refractivity contribution >= 4 is 5.91 Å². The summed E-state index contributed by atoms with van der Waals surface area (Å²) in [5.74, 6) is 1.46. The van der Waals surface area contributed by atoms with Gasteiger partial charge in [0.2, 0.25) is 0 Å². The van der Waals surface area contributed by atoms with E-state index in [1.54, 1.807) is 14.0 Å². The molecule has 2 aromatic rings. The number of carbonyl (C=O) groups is 1. The number of rotatable bonds is 8. The largest absolute Gasteiger partial charge is 0.497 e. The quantitative estimate of drug-likeness (QED) is 0.761. The average Bonchev–Trinajstić information content (AvgIpc) is 2.60. The van der Waals surface area contributed by atoms with E-state index in [0.717, 1.165) is 18.6 Å². The Bertz CT molecular complexity index is 596. The average molecular weight is 313 g/mol. The Morgan fingerprint density at radius 3 is 2.39 bits per heavy atom. The SMILES string of the molecule is COc1ccc(CCCNC(=O)[C@H](C)Oc2ccccc2)cc1. The topological polar surface area (TPSA) is 47.6 Å². The van der Waals surface area contributed by atoms with Gasteiger partial charge in [-0.3, -0.25) is 4.79 Å². The molecular weight excluding hydrogens is 290 g/mol. The number of para-hydroxylation sites is 1. The zero-order chi connectivity index (χ0) is 16.5. The molecule has 2 rings (SSSR count). The number of nitrogens with one attached hydrogen (secondary N) is 1. The standard InChI is InChI=1S/C19H23NO3/c1-15(23-18-8-4-3-5-9-18)19(21)20-14-6-7-16-10-12-17(22-2)13-11-16/h3-5,8-13,15H,6-7,14H2,1-2H3,(H,20,21)/t15-/m0/s1. The Hall–Kier alpha value is -2.49. The molecule has 0 unspecified atom stereocenters. The summed E-state index contributed by atoms with van der Waals surface area (Å²) in [6.07, 6.45) is 1.30. The van der Waals surface area contributed by atoms with Gasteiger partial charge < -0.3 is 14.8 Å². The van der Waals surface area contributed by atoms with Gasteiger partial charge in [-0.1, -0.05) is 30.3 Å². The van der Waals surface area contributed by atoms with E-state index in [9.17, 15) is 4.79 Å². The molecule has 23 heavy (non-hydrogen) atoms. The highest BCUT2D eigenvalue weighted by molar-refractivity contribution is 5.80. The van der Waals surface area contributed by atoms with Crippen molar-refractivity contribution in [3.05, 3.63) is 60.2 Å². The summed E-state index contributed by atoms with van der Waals surface area (Å²) in [6.45, 7) is 2.39. The third kappa shape index (κ3) is 5.66. The van der Waals surface area contributed by atoms with E-state index in [1.807, 2.05) is 54.6 Å². The molecule has 1 atom stereocenters. The van der Waals surface area contributed by atoms with Crippen LogP contribution >= 0.6 is 0 Å². The molecule has 0 bridgehead atoms. The molecule has 0 saturated carbocycles. The molecule has 122 valence electrons. The number of benzene rings is 2. The van der Waals surface area contributed by atoms with Crippen LogP contribution in [0.15, 0.2) is 54.6 Å². The number of ether oxygens (including phenoxy) is 2. The minimum Gasteiger partial charge on any atom is -0.497 e. The van der Waals surface area contributed by atoms with Crippen LogP contribution in [0.4, 0.5) is 0 Å². The maximum absolute atomic E-state index is 12.0. The summed E-state index contributed by atoms with van der Waals surface area (Å²) in [5, 5.41) is 2.91. The maximum atomic E-state index is 12.0. The second-order valence-corrected chi connectivity index (χ2v) is 5.32. The normalized spacial score (nSPS) is 11.6. The molecule has 0 saturated heterocycles. The van der Waals surface area contributed by atoms with Crippen molar-refractivity contribution in [1.29, 1.82) is 0 Å². The molecule has 0 radical (unpaired) electrons. The molecule has 0 spiro atoms. The van der Waals surface area contributed by atoms with Crippen LogP contribution in [-0.2, 0) is 11.2 Å². The molecule has 4 heteroatoms. The lowest BCUT2D eigenvalue weighted by atomic mass is 10.1. The molecule has 0 aliphatic carbocycles. The molecule has 0 aliphatic rings. The zero-order valence-corrected chi connectivity index (χ0v) is 13.6. The highest BCUT2D eigenvalue weighted by Crippen LogP contribution is 2.13. The number of aryl methyl sites for hydroxylation is 1. The Morgan fingerprint density at radius 2 is 1.74 bits per heavy atom. The predicted octanol–water partition coefficient (Wildman–Crippen LogP) is 3.21. The summed E-state index contributed by atoms with van der Waals surface area (Å²) in [7, 11) is 1.66. The van der Waals surface area contributed by atoms with E-state index < -0.39 is 6.10 Å². The van der Waals surface area contributed by atoms with E-state index in [1.165, 1.54) is 5.56 Å². The molecule has 0 aromatic heterocycles. The highest BCUT2D eigenvalue weighted by Gasteiger charge is 2.13. The van der Waals surface area contributed by atoms with Crippen LogP contribution < -0.4 is 14.8 Å². The maximum Gasteiger partial charge on any atom is 0.260 e. The summed E-state index contributed by atoms with van der Waals surface area (Å²) in [5.41, 5.74) is 1.23. The Balaban J connectivity index is 1.67. The second-order valence-electron chi connectivity index (χ2n) is 5.32. The van der Waals surface area contributed by atoms with E-state index in [0.29, 0.717) is 12.3 Å². The molecular formula is C19H23NO3. The Kier molecular flexibility index (Phi) is 6.48. The minimum atomic E-state index is -0.501. The first kappa shape index (κ1) is 16.9. The van der Waals surface area contributed by atoms with Gasteiger partial charge in [0, 0.05) is 6.54 Å². The van der Waals surface area contributed by atoms with Gasteiger partial charge in [0.25, 0.3) is 5.91 Å². The smallest absolute Gasteiger partial charge is 0.260 e. The number of amides is 1. The molecule has 4 nitrogen and oxygen atoms in total. The van der Waals surface area contributed by atoms with Crippen molar-refractivity contribution in [2.45, 2.75) is 25.9 Å².